The molecular formula is C37H43F2N7O3S. The molecular weight excluding hydrogens is 661 g/mol. The molecule has 4 aromatic rings. The smallest absolute Gasteiger partial charge is 0.318 e. The van der Waals surface area contributed by atoms with Crippen LogP contribution in [0.3, 0.4) is 0 Å². The predicted molar refractivity (Wildman–Crippen MR) is 190 cm³/mol. The van der Waals surface area contributed by atoms with Gasteiger partial charge in [0.15, 0.2) is 5.01 Å². The summed E-state index contributed by atoms with van der Waals surface area (Å²) in [7, 11) is 3.48. The van der Waals surface area contributed by atoms with Crippen molar-refractivity contribution >= 4 is 39.5 Å². The number of aromatic nitrogens is 3. The Kier molecular flexibility index (Phi) is 8.53. The second-order valence-corrected chi connectivity index (χ2v) is 15.4. The highest BCUT2D eigenvalue weighted by molar-refractivity contribution is 7.13. The average Bonchev–Trinajstić information content (AvgIpc) is 3.73. The Morgan fingerprint density at radius 1 is 1.08 bits per heavy atom. The molecule has 2 aromatic carbocycles. The Morgan fingerprint density at radius 2 is 1.94 bits per heavy atom. The molecule has 2 saturated heterocycles. The van der Waals surface area contributed by atoms with Gasteiger partial charge in [-0.2, -0.15) is 9.97 Å². The predicted octanol–water partition coefficient (Wildman–Crippen LogP) is 5.67. The maximum absolute atomic E-state index is 15.1. The number of phenolic OH excluding ortho intramolecular Hbond substituents is 1. The summed E-state index contributed by atoms with van der Waals surface area (Å²) in [6, 6.07) is 6.86. The maximum atomic E-state index is 15.1. The van der Waals surface area contributed by atoms with E-state index in [2.05, 4.69) is 14.7 Å². The van der Waals surface area contributed by atoms with Crippen LogP contribution in [0.5, 0.6) is 11.8 Å². The number of anilines is 2. The van der Waals surface area contributed by atoms with Crippen LogP contribution in [0.15, 0.2) is 24.3 Å². The number of hydrogen-bond acceptors (Lipinski definition) is 10. The molecule has 13 heteroatoms. The van der Waals surface area contributed by atoms with Gasteiger partial charge in [0.05, 0.1) is 30.0 Å². The normalized spacial score (nSPS) is 22.0. The fourth-order valence-electron chi connectivity index (χ4n) is 8.49. The number of benzene rings is 2. The van der Waals surface area contributed by atoms with E-state index in [9.17, 15) is 14.3 Å². The number of hydrogen-bond donors (Lipinski definition) is 1. The van der Waals surface area contributed by atoms with Crippen LogP contribution in [0.4, 0.5) is 20.3 Å². The zero-order valence-electron chi connectivity index (χ0n) is 28.8. The molecule has 0 aliphatic carbocycles. The third kappa shape index (κ3) is 5.81. The van der Waals surface area contributed by atoms with Crippen LogP contribution < -0.4 is 14.5 Å². The summed E-state index contributed by atoms with van der Waals surface area (Å²) in [5.41, 5.74) is 3.85. The van der Waals surface area contributed by atoms with E-state index in [4.69, 9.17) is 19.7 Å². The molecule has 10 nitrogen and oxygen atoms in total. The van der Waals surface area contributed by atoms with Gasteiger partial charge in [-0.15, -0.1) is 11.3 Å². The highest BCUT2D eigenvalue weighted by atomic mass is 32.1. The molecule has 2 aromatic heterocycles. The lowest BCUT2D eigenvalue weighted by atomic mass is 9.95. The van der Waals surface area contributed by atoms with Gasteiger partial charge in [0.2, 0.25) is 0 Å². The first-order valence-corrected chi connectivity index (χ1v) is 18.5. The lowest BCUT2D eigenvalue weighted by Crippen LogP contribution is -2.43. The summed E-state index contributed by atoms with van der Waals surface area (Å²) >= 11 is 1.44. The number of thiazole rings is 1. The van der Waals surface area contributed by atoms with Crippen molar-refractivity contribution in [1.82, 2.24) is 24.8 Å². The van der Waals surface area contributed by atoms with Gasteiger partial charge < -0.3 is 24.5 Å². The van der Waals surface area contributed by atoms with E-state index in [1.54, 1.807) is 37.2 Å². The molecule has 2 fully saturated rings. The van der Waals surface area contributed by atoms with Crippen molar-refractivity contribution < 1.29 is 23.4 Å². The lowest BCUT2D eigenvalue weighted by Gasteiger charge is -2.35. The van der Waals surface area contributed by atoms with E-state index in [1.807, 2.05) is 6.92 Å². The first kappa shape index (κ1) is 33.1. The number of alkyl halides is 1. The van der Waals surface area contributed by atoms with Crippen molar-refractivity contribution in [2.24, 2.45) is 0 Å². The molecule has 50 heavy (non-hydrogen) atoms. The van der Waals surface area contributed by atoms with Gasteiger partial charge in [-0.25, -0.2) is 13.8 Å². The molecule has 0 bridgehead atoms. The monoisotopic (exact) mass is 703 g/mol. The van der Waals surface area contributed by atoms with Crippen molar-refractivity contribution in [3.8, 4) is 11.8 Å². The molecule has 264 valence electrons. The molecule has 0 unspecified atom stereocenters. The molecule has 1 amide bonds. The van der Waals surface area contributed by atoms with Gasteiger partial charge in [-0.05, 0) is 68.2 Å². The van der Waals surface area contributed by atoms with Gasteiger partial charge in [0.1, 0.15) is 30.2 Å². The fourth-order valence-corrected chi connectivity index (χ4v) is 9.64. The minimum atomic E-state index is -0.864. The summed E-state index contributed by atoms with van der Waals surface area (Å²) in [5.74, 6) is 0.576. The Morgan fingerprint density at radius 3 is 2.76 bits per heavy atom. The van der Waals surface area contributed by atoms with Crippen LogP contribution >= 0.6 is 11.3 Å². The average molecular weight is 704 g/mol. The van der Waals surface area contributed by atoms with Gasteiger partial charge in [-0.3, -0.25) is 9.69 Å². The number of halogens is 2. The van der Waals surface area contributed by atoms with E-state index in [0.29, 0.717) is 62.6 Å². The van der Waals surface area contributed by atoms with Gasteiger partial charge in [-0.1, -0.05) is 13.0 Å². The minimum absolute atomic E-state index is 0.0989. The molecule has 2 atom stereocenters. The highest BCUT2D eigenvalue weighted by Gasteiger charge is 2.49. The molecule has 8 rings (SSSR count). The lowest BCUT2D eigenvalue weighted by molar-refractivity contribution is 0.0827. The van der Waals surface area contributed by atoms with E-state index in [1.165, 1.54) is 17.4 Å². The van der Waals surface area contributed by atoms with Crippen molar-refractivity contribution in [3.05, 3.63) is 62.5 Å². The Bertz CT molecular complexity index is 1970. The van der Waals surface area contributed by atoms with E-state index in [0.717, 1.165) is 82.9 Å². The molecule has 4 aliphatic rings. The zero-order valence-corrected chi connectivity index (χ0v) is 29.7. The van der Waals surface area contributed by atoms with Gasteiger partial charge in [0.25, 0.3) is 5.91 Å². The zero-order chi connectivity index (χ0) is 34.7. The van der Waals surface area contributed by atoms with Crippen LogP contribution in [-0.2, 0) is 32.4 Å². The SMILES string of the molecule is CCc1c(F)ccc2cc(O)cc(N3CCc4c(nc(OC[C@@]56CCCN5C[C@H](F)C6)nc4N4CCCc5nc(C(=O)N(C)C)sc5C4)C3)c12. The van der Waals surface area contributed by atoms with E-state index in [-0.39, 0.29) is 29.0 Å². The van der Waals surface area contributed by atoms with Crippen molar-refractivity contribution in [2.45, 2.75) is 76.7 Å². The van der Waals surface area contributed by atoms with E-state index >= 15 is 4.39 Å². The maximum Gasteiger partial charge on any atom is 0.318 e. The fraction of sp³-hybridized carbons (Fsp3) is 0.514. The summed E-state index contributed by atoms with van der Waals surface area (Å²) < 4.78 is 36.2. The number of rotatable bonds is 7. The third-order valence-electron chi connectivity index (χ3n) is 10.9. The Balaban J connectivity index is 1.17. The summed E-state index contributed by atoms with van der Waals surface area (Å²) in [5, 5.41) is 12.8. The number of aromatic hydroxyl groups is 1. The molecule has 0 spiro atoms. The summed E-state index contributed by atoms with van der Waals surface area (Å²) in [6.07, 6.45) is 4.27. The number of amides is 1. The number of aryl methyl sites for hydroxylation is 2. The number of ether oxygens (including phenoxy) is 1. The van der Waals surface area contributed by atoms with Crippen LogP contribution in [0.2, 0.25) is 0 Å². The van der Waals surface area contributed by atoms with Gasteiger partial charge >= 0.3 is 6.01 Å². The first-order valence-electron chi connectivity index (χ1n) is 17.7. The molecule has 0 saturated carbocycles. The van der Waals surface area contributed by atoms with Gasteiger partial charge in [0, 0.05) is 67.7 Å². The van der Waals surface area contributed by atoms with E-state index < -0.39 is 6.17 Å². The van der Waals surface area contributed by atoms with Crippen LogP contribution in [0.1, 0.15) is 69.8 Å². The molecule has 6 heterocycles. The minimum Gasteiger partial charge on any atom is -0.508 e. The summed E-state index contributed by atoms with van der Waals surface area (Å²) in [4.78, 5) is 36.8. The van der Waals surface area contributed by atoms with Crippen LogP contribution in [0.25, 0.3) is 10.8 Å². The largest absolute Gasteiger partial charge is 0.508 e. The Hall–Kier alpha value is -4.10. The van der Waals surface area contributed by atoms with Crippen molar-refractivity contribution in [1.29, 1.82) is 0 Å². The van der Waals surface area contributed by atoms with Crippen LogP contribution in [-0.4, -0.2) is 94.4 Å². The number of carbonyl (C=O) groups is 1. The quantitative estimate of drug-likeness (QED) is 0.261. The molecule has 4 aliphatic heterocycles. The number of carbonyl (C=O) groups excluding carboxylic acids is 1. The first-order chi connectivity index (χ1) is 24.1. The standard InChI is InChI=1S/C37H43F2N7O3S/c1-4-25-27(39)9-8-22-15-24(47)16-30(32(22)25)44-14-10-26-29(19-44)41-36(49-21-37-11-6-13-46(37)18-23(38)17-37)42-33(26)45-12-5-7-28-31(20-45)50-34(40-28)35(48)43(2)3/h8-9,15-16,23,47H,4-7,10-14,17-21H2,1-3H3/t23-,37+/m1/s1. The Labute approximate surface area is 294 Å². The van der Waals surface area contributed by atoms with Crippen molar-refractivity contribution in [2.75, 3.05) is 56.7 Å². The highest BCUT2D eigenvalue weighted by Crippen LogP contribution is 2.42. The third-order valence-corrected chi connectivity index (χ3v) is 12.0. The second kappa shape index (κ2) is 12.9. The molecule has 1 N–H and O–H groups in total. The topological polar surface area (TPSA) is 98.2 Å². The van der Waals surface area contributed by atoms with Crippen LogP contribution in [0, 0.1) is 5.82 Å². The van der Waals surface area contributed by atoms with Crippen molar-refractivity contribution in [3.63, 3.8) is 0 Å². The molecule has 0 radical (unpaired) electrons. The number of phenols is 1. The number of nitrogens with zero attached hydrogens (tertiary/aromatic N) is 7. The number of fused-ring (bicyclic) bond motifs is 4. The summed E-state index contributed by atoms with van der Waals surface area (Å²) in [6.45, 7) is 5.94. The second-order valence-electron chi connectivity index (χ2n) is 14.3.